The van der Waals surface area contributed by atoms with Crippen LogP contribution in [-0.2, 0) is 9.63 Å². The SMILES string of the molecule is CC(N)C(=O)Oc1cc(C(=O)O)ccc1OCCCON(O)O. The van der Waals surface area contributed by atoms with E-state index in [9.17, 15) is 9.59 Å². The van der Waals surface area contributed by atoms with E-state index in [1.54, 1.807) is 0 Å². The second-order valence-corrected chi connectivity index (χ2v) is 4.46. The van der Waals surface area contributed by atoms with Crippen LogP contribution < -0.4 is 15.2 Å². The largest absolute Gasteiger partial charge is 0.490 e. The van der Waals surface area contributed by atoms with E-state index >= 15 is 0 Å². The molecule has 1 aromatic rings. The Balaban J connectivity index is 2.76. The van der Waals surface area contributed by atoms with Crippen LogP contribution in [0.2, 0.25) is 0 Å². The van der Waals surface area contributed by atoms with E-state index in [4.69, 9.17) is 30.7 Å². The summed E-state index contributed by atoms with van der Waals surface area (Å²) in [5, 5.41) is 25.2. The second kappa shape index (κ2) is 9.02. The molecular weight excluding hydrogens is 312 g/mol. The molecule has 0 aliphatic rings. The van der Waals surface area contributed by atoms with Crippen molar-refractivity contribution < 1.29 is 39.4 Å². The number of ether oxygens (including phenoxy) is 2. The van der Waals surface area contributed by atoms with Gasteiger partial charge < -0.3 is 20.3 Å². The van der Waals surface area contributed by atoms with Gasteiger partial charge in [0.2, 0.25) is 0 Å². The molecule has 0 radical (unpaired) electrons. The number of nitrogens with zero attached hydrogens (tertiary/aromatic N) is 1. The number of carboxylic acids is 1. The fourth-order valence-electron chi connectivity index (χ4n) is 1.43. The Labute approximate surface area is 131 Å². The number of carbonyl (C=O) groups is 2. The Morgan fingerprint density at radius 3 is 2.52 bits per heavy atom. The second-order valence-electron chi connectivity index (χ2n) is 4.46. The minimum absolute atomic E-state index is 0.0326. The number of hydrogen-bond donors (Lipinski definition) is 4. The number of carboxylic acid groups (broad SMARTS) is 1. The highest BCUT2D eigenvalue weighted by molar-refractivity contribution is 5.89. The van der Waals surface area contributed by atoms with Gasteiger partial charge in [0.25, 0.3) is 0 Å². The zero-order valence-corrected chi connectivity index (χ0v) is 12.3. The highest BCUT2D eigenvalue weighted by Gasteiger charge is 2.16. The molecule has 1 rings (SSSR count). The van der Waals surface area contributed by atoms with Crippen LogP contribution in [0.4, 0.5) is 0 Å². The number of esters is 1. The lowest BCUT2D eigenvalue weighted by Crippen LogP contribution is -2.31. The minimum atomic E-state index is -1.19. The molecule has 0 bridgehead atoms. The van der Waals surface area contributed by atoms with Crippen LogP contribution in [0.3, 0.4) is 0 Å². The van der Waals surface area contributed by atoms with Crippen molar-refractivity contribution in [2.24, 2.45) is 5.73 Å². The van der Waals surface area contributed by atoms with Crippen molar-refractivity contribution in [1.29, 1.82) is 0 Å². The van der Waals surface area contributed by atoms with Gasteiger partial charge in [-0.2, -0.15) is 0 Å². The maximum absolute atomic E-state index is 11.6. The summed E-state index contributed by atoms with van der Waals surface area (Å²) in [4.78, 5) is 26.9. The lowest BCUT2D eigenvalue weighted by molar-refractivity contribution is -0.492. The van der Waals surface area contributed by atoms with Gasteiger partial charge in [0, 0.05) is 6.42 Å². The average Bonchev–Trinajstić information content (AvgIpc) is 2.47. The summed E-state index contributed by atoms with van der Waals surface area (Å²) in [6, 6.07) is 2.90. The van der Waals surface area contributed by atoms with E-state index in [0.717, 1.165) is 6.07 Å². The quantitative estimate of drug-likeness (QED) is 0.217. The molecular formula is C13H18N2O8. The molecule has 0 aliphatic carbocycles. The molecule has 128 valence electrons. The molecule has 0 saturated heterocycles. The topological polar surface area (TPSA) is 152 Å². The maximum Gasteiger partial charge on any atom is 0.335 e. The van der Waals surface area contributed by atoms with E-state index < -0.39 is 23.4 Å². The van der Waals surface area contributed by atoms with Gasteiger partial charge in [0.15, 0.2) is 11.5 Å². The third-order valence-electron chi connectivity index (χ3n) is 2.53. The van der Waals surface area contributed by atoms with Crippen LogP contribution >= 0.6 is 0 Å². The number of benzene rings is 1. The van der Waals surface area contributed by atoms with Gasteiger partial charge in [-0.05, 0) is 25.1 Å². The van der Waals surface area contributed by atoms with Crippen molar-refractivity contribution in [3.63, 3.8) is 0 Å². The zero-order valence-electron chi connectivity index (χ0n) is 12.3. The first kappa shape index (κ1) is 18.8. The van der Waals surface area contributed by atoms with E-state index in [1.807, 2.05) is 0 Å². The third-order valence-corrected chi connectivity index (χ3v) is 2.53. The fraction of sp³-hybridized carbons (Fsp3) is 0.385. The predicted octanol–water partition coefficient (Wildman–Crippen LogP) is 0.418. The summed E-state index contributed by atoms with van der Waals surface area (Å²) in [6.07, 6.45) is 0.291. The van der Waals surface area contributed by atoms with Gasteiger partial charge in [-0.25, -0.2) is 9.59 Å². The van der Waals surface area contributed by atoms with Crippen LogP contribution in [0, 0.1) is 0 Å². The lowest BCUT2D eigenvalue weighted by atomic mass is 10.2. The summed E-state index contributed by atoms with van der Waals surface area (Å²) in [6.45, 7) is 1.49. The molecule has 0 spiro atoms. The van der Waals surface area contributed by atoms with Crippen LogP contribution in [0.15, 0.2) is 18.2 Å². The molecule has 0 aliphatic heterocycles. The highest BCUT2D eigenvalue weighted by atomic mass is 17.1. The van der Waals surface area contributed by atoms with Crippen molar-refractivity contribution in [2.45, 2.75) is 19.4 Å². The maximum atomic E-state index is 11.6. The Morgan fingerprint density at radius 2 is 1.96 bits per heavy atom. The van der Waals surface area contributed by atoms with Gasteiger partial charge in [0.1, 0.15) is 6.04 Å². The summed E-state index contributed by atoms with van der Waals surface area (Å²) in [5.41, 5.74) is 5.32. The minimum Gasteiger partial charge on any atom is -0.490 e. The summed E-state index contributed by atoms with van der Waals surface area (Å²) in [7, 11) is 0. The first-order chi connectivity index (χ1) is 10.8. The van der Waals surface area contributed by atoms with Gasteiger partial charge in [-0.3, -0.25) is 15.3 Å². The third kappa shape index (κ3) is 6.59. The van der Waals surface area contributed by atoms with E-state index in [1.165, 1.54) is 19.1 Å². The Bertz CT molecular complexity index is 547. The van der Waals surface area contributed by atoms with E-state index in [2.05, 4.69) is 4.84 Å². The smallest absolute Gasteiger partial charge is 0.335 e. The summed E-state index contributed by atoms with van der Waals surface area (Å²) in [5.74, 6) is -1.85. The Kier molecular flexibility index (Phi) is 7.38. The van der Waals surface area contributed by atoms with Crippen LogP contribution in [0.1, 0.15) is 23.7 Å². The van der Waals surface area contributed by atoms with Crippen molar-refractivity contribution >= 4 is 11.9 Å². The molecule has 0 aromatic heterocycles. The van der Waals surface area contributed by atoms with Crippen LogP contribution in [0.25, 0.3) is 0 Å². The molecule has 0 amide bonds. The lowest BCUT2D eigenvalue weighted by Gasteiger charge is -2.13. The van der Waals surface area contributed by atoms with Crippen molar-refractivity contribution in [3.05, 3.63) is 23.8 Å². The zero-order chi connectivity index (χ0) is 17.4. The number of aromatic carboxylic acids is 1. The molecule has 1 unspecified atom stereocenters. The normalized spacial score (nSPS) is 12.0. The molecule has 1 atom stereocenters. The molecule has 10 nitrogen and oxygen atoms in total. The molecule has 0 saturated carbocycles. The molecule has 0 fully saturated rings. The molecule has 23 heavy (non-hydrogen) atoms. The fourth-order valence-corrected chi connectivity index (χ4v) is 1.43. The number of nitrogens with two attached hydrogens (primary N) is 1. The van der Waals surface area contributed by atoms with Crippen molar-refractivity contribution in [2.75, 3.05) is 13.2 Å². The highest BCUT2D eigenvalue weighted by Crippen LogP contribution is 2.29. The van der Waals surface area contributed by atoms with E-state index in [0.29, 0.717) is 6.42 Å². The molecule has 5 N–H and O–H groups in total. The monoisotopic (exact) mass is 330 g/mol. The summed E-state index contributed by atoms with van der Waals surface area (Å²) >= 11 is 0. The predicted molar refractivity (Wildman–Crippen MR) is 74.2 cm³/mol. The first-order valence-electron chi connectivity index (χ1n) is 6.59. The van der Waals surface area contributed by atoms with Crippen molar-refractivity contribution in [3.8, 4) is 11.5 Å². The van der Waals surface area contributed by atoms with Gasteiger partial charge >= 0.3 is 11.9 Å². The number of rotatable bonds is 9. The van der Waals surface area contributed by atoms with Crippen LogP contribution in [0.5, 0.6) is 11.5 Å². The molecule has 10 heteroatoms. The summed E-state index contributed by atoms with van der Waals surface area (Å²) < 4.78 is 10.4. The van der Waals surface area contributed by atoms with Crippen LogP contribution in [-0.4, -0.2) is 52.1 Å². The Hall–Kier alpha value is -2.24. The number of hydrogen-bond acceptors (Lipinski definition) is 9. The first-order valence-corrected chi connectivity index (χ1v) is 6.59. The number of carbonyl (C=O) groups excluding carboxylic acids is 1. The Morgan fingerprint density at radius 1 is 1.26 bits per heavy atom. The average molecular weight is 330 g/mol. The standard InChI is InChI=1S/C13H18N2O8/c1-8(14)13(18)23-11-7-9(12(16)17)3-4-10(11)21-5-2-6-22-15(19)20/h3-4,7-8,19-20H,2,5-6,14H2,1H3,(H,16,17). The van der Waals surface area contributed by atoms with Gasteiger partial charge in [-0.15, -0.1) is 0 Å². The van der Waals surface area contributed by atoms with Crippen molar-refractivity contribution in [1.82, 2.24) is 5.39 Å². The molecule has 0 heterocycles. The van der Waals surface area contributed by atoms with E-state index in [-0.39, 0.29) is 30.3 Å². The van der Waals surface area contributed by atoms with Gasteiger partial charge in [-0.1, -0.05) is 0 Å². The molecule has 1 aromatic carbocycles. The van der Waals surface area contributed by atoms with Gasteiger partial charge in [0.05, 0.1) is 24.2 Å².